The van der Waals surface area contributed by atoms with Gasteiger partial charge in [0.25, 0.3) is 5.91 Å². The molecule has 2 N–H and O–H groups in total. The lowest BCUT2D eigenvalue weighted by molar-refractivity contribution is 0.0963. The van der Waals surface area contributed by atoms with E-state index in [9.17, 15) is 4.79 Å². The largest absolute Gasteiger partial charge is 0.377 e. The third-order valence-corrected chi connectivity index (χ3v) is 3.65. The highest BCUT2D eigenvalue weighted by molar-refractivity contribution is 5.94. The smallest absolute Gasteiger partial charge is 0.251 e. The zero-order valence-corrected chi connectivity index (χ0v) is 11.4. The molecule has 0 bridgehead atoms. The normalized spacial score (nSPS) is 16.6. The lowest BCUT2D eigenvalue weighted by Crippen LogP contribution is -2.18. The molecule has 4 heteroatoms. The minimum atomic E-state index is -0.0707. The number of benzene rings is 1. The summed E-state index contributed by atoms with van der Waals surface area (Å²) in [6.07, 6.45) is 3.92. The highest BCUT2D eigenvalue weighted by Gasteiger charge is 2.23. The van der Waals surface area contributed by atoms with Crippen LogP contribution in [0.4, 0.5) is 5.69 Å². The maximum atomic E-state index is 11.7. The molecule has 1 unspecified atom stereocenters. The molecule has 1 heterocycles. The number of amides is 1. The van der Waals surface area contributed by atoms with Crippen molar-refractivity contribution in [2.45, 2.75) is 18.9 Å². The molecule has 0 fully saturated rings. The first-order chi connectivity index (χ1) is 9.78. The van der Waals surface area contributed by atoms with Crippen LogP contribution in [0.25, 0.3) is 0 Å². The average Bonchev–Trinajstić information content (AvgIpc) is 2.90. The third kappa shape index (κ3) is 2.37. The van der Waals surface area contributed by atoms with Crippen LogP contribution in [0.1, 0.15) is 34.1 Å². The van der Waals surface area contributed by atoms with Gasteiger partial charge in [0.15, 0.2) is 0 Å². The first kappa shape index (κ1) is 12.7. The number of anilines is 1. The van der Waals surface area contributed by atoms with Gasteiger partial charge in [-0.15, -0.1) is 0 Å². The van der Waals surface area contributed by atoms with E-state index in [4.69, 9.17) is 0 Å². The summed E-state index contributed by atoms with van der Waals surface area (Å²) in [6.45, 7) is 0. The molecule has 1 aromatic carbocycles. The standard InChI is InChI=1S/C16H17N3O/c1-17-16(20)12-4-2-6-13(10-12)19-14-8-7-11-5-3-9-18-15(11)14/h2-6,9-10,14,19H,7-8H2,1H3,(H,17,20). The van der Waals surface area contributed by atoms with E-state index in [1.165, 1.54) is 5.56 Å². The van der Waals surface area contributed by atoms with Crippen molar-refractivity contribution in [3.8, 4) is 0 Å². The van der Waals surface area contributed by atoms with Gasteiger partial charge in [-0.2, -0.15) is 0 Å². The number of carbonyl (C=O) groups is 1. The number of aromatic nitrogens is 1. The summed E-state index contributed by atoms with van der Waals surface area (Å²) in [6, 6.07) is 11.9. The minimum absolute atomic E-state index is 0.0707. The van der Waals surface area contributed by atoms with Gasteiger partial charge in [0, 0.05) is 24.5 Å². The Hall–Kier alpha value is -2.36. The average molecular weight is 267 g/mol. The summed E-state index contributed by atoms with van der Waals surface area (Å²) in [7, 11) is 1.64. The van der Waals surface area contributed by atoms with Crippen LogP contribution in [0.15, 0.2) is 42.6 Å². The summed E-state index contributed by atoms with van der Waals surface area (Å²) in [5.41, 5.74) is 4.05. The Morgan fingerprint density at radius 2 is 2.20 bits per heavy atom. The van der Waals surface area contributed by atoms with E-state index in [0.717, 1.165) is 24.2 Å². The summed E-state index contributed by atoms with van der Waals surface area (Å²) in [5.74, 6) is -0.0707. The van der Waals surface area contributed by atoms with Gasteiger partial charge in [-0.05, 0) is 42.7 Å². The zero-order valence-electron chi connectivity index (χ0n) is 11.4. The van der Waals surface area contributed by atoms with Crippen molar-refractivity contribution in [3.05, 3.63) is 59.4 Å². The molecule has 4 nitrogen and oxygen atoms in total. The van der Waals surface area contributed by atoms with Gasteiger partial charge in [0.2, 0.25) is 0 Å². The molecule has 2 aromatic rings. The number of pyridine rings is 1. The number of nitrogens with zero attached hydrogens (tertiary/aromatic N) is 1. The van der Waals surface area contributed by atoms with Crippen molar-refractivity contribution < 1.29 is 4.79 Å². The number of fused-ring (bicyclic) bond motifs is 1. The molecular weight excluding hydrogens is 250 g/mol. The van der Waals surface area contributed by atoms with Crippen molar-refractivity contribution in [2.75, 3.05) is 12.4 Å². The number of carbonyl (C=O) groups excluding carboxylic acids is 1. The molecule has 1 atom stereocenters. The van der Waals surface area contributed by atoms with Crippen molar-refractivity contribution in [1.29, 1.82) is 0 Å². The molecule has 1 aliphatic carbocycles. The Labute approximate surface area is 118 Å². The fraction of sp³-hybridized carbons (Fsp3) is 0.250. The van der Waals surface area contributed by atoms with Gasteiger partial charge in [0.1, 0.15) is 0 Å². The number of rotatable bonds is 3. The SMILES string of the molecule is CNC(=O)c1cccc(NC2CCc3cccnc32)c1. The maximum absolute atomic E-state index is 11.7. The highest BCUT2D eigenvalue weighted by atomic mass is 16.1. The van der Waals surface area contributed by atoms with Crippen LogP contribution in [0.3, 0.4) is 0 Å². The van der Waals surface area contributed by atoms with E-state index in [1.54, 1.807) is 7.05 Å². The van der Waals surface area contributed by atoms with Crippen LogP contribution in [0.5, 0.6) is 0 Å². The second kappa shape index (κ2) is 5.33. The first-order valence-corrected chi connectivity index (χ1v) is 6.80. The Bertz CT molecular complexity index is 639. The lowest BCUT2D eigenvalue weighted by Gasteiger charge is -2.15. The summed E-state index contributed by atoms with van der Waals surface area (Å²) in [5, 5.41) is 6.11. The molecule has 1 aromatic heterocycles. The molecule has 3 rings (SSSR count). The second-order valence-electron chi connectivity index (χ2n) is 4.94. The monoisotopic (exact) mass is 267 g/mol. The molecule has 20 heavy (non-hydrogen) atoms. The van der Waals surface area contributed by atoms with Crippen LogP contribution in [0, 0.1) is 0 Å². The van der Waals surface area contributed by atoms with Gasteiger partial charge < -0.3 is 10.6 Å². The Morgan fingerprint density at radius 3 is 3.05 bits per heavy atom. The molecule has 1 aliphatic rings. The van der Waals surface area contributed by atoms with Gasteiger partial charge in [-0.3, -0.25) is 9.78 Å². The number of nitrogens with one attached hydrogen (secondary N) is 2. The molecule has 102 valence electrons. The van der Waals surface area contributed by atoms with Crippen molar-refractivity contribution in [1.82, 2.24) is 10.3 Å². The van der Waals surface area contributed by atoms with E-state index in [1.807, 2.05) is 36.5 Å². The Kier molecular flexibility index (Phi) is 3.37. The van der Waals surface area contributed by atoms with E-state index < -0.39 is 0 Å². The van der Waals surface area contributed by atoms with Gasteiger partial charge in [0.05, 0.1) is 11.7 Å². The highest BCUT2D eigenvalue weighted by Crippen LogP contribution is 2.32. The van der Waals surface area contributed by atoms with E-state index in [2.05, 4.69) is 21.7 Å². The lowest BCUT2D eigenvalue weighted by atomic mass is 10.1. The van der Waals surface area contributed by atoms with Crippen LogP contribution in [0.2, 0.25) is 0 Å². The summed E-state index contributed by atoms with van der Waals surface area (Å²) in [4.78, 5) is 16.1. The number of hydrogen-bond donors (Lipinski definition) is 2. The maximum Gasteiger partial charge on any atom is 0.251 e. The van der Waals surface area contributed by atoms with Crippen LogP contribution in [-0.2, 0) is 6.42 Å². The van der Waals surface area contributed by atoms with Crippen molar-refractivity contribution in [2.24, 2.45) is 0 Å². The Morgan fingerprint density at radius 1 is 1.30 bits per heavy atom. The van der Waals surface area contributed by atoms with Crippen molar-refractivity contribution >= 4 is 11.6 Å². The van der Waals surface area contributed by atoms with E-state index >= 15 is 0 Å². The third-order valence-electron chi connectivity index (χ3n) is 3.65. The number of hydrogen-bond acceptors (Lipinski definition) is 3. The second-order valence-corrected chi connectivity index (χ2v) is 4.94. The van der Waals surface area contributed by atoms with Gasteiger partial charge >= 0.3 is 0 Å². The fourth-order valence-corrected chi connectivity index (χ4v) is 2.65. The molecule has 1 amide bonds. The van der Waals surface area contributed by atoms with Gasteiger partial charge in [-0.1, -0.05) is 12.1 Å². The topological polar surface area (TPSA) is 54.0 Å². The van der Waals surface area contributed by atoms with E-state index in [-0.39, 0.29) is 11.9 Å². The molecule has 0 spiro atoms. The quantitative estimate of drug-likeness (QED) is 0.898. The molecule has 0 saturated heterocycles. The molecule has 0 saturated carbocycles. The fourth-order valence-electron chi connectivity index (χ4n) is 2.65. The first-order valence-electron chi connectivity index (χ1n) is 6.80. The number of aryl methyl sites for hydroxylation is 1. The van der Waals surface area contributed by atoms with E-state index in [0.29, 0.717) is 5.56 Å². The predicted octanol–water partition coefficient (Wildman–Crippen LogP) is 2.54. The minimum Gasteiger partial charge on any atom is -0.377 e. The summed E-state index contributed by atoms with van der Waals surface area (Å²) >= 11 is 0. The molecular formula is C16H17N3O. The van der Waals surface area contributed by atoms with Crippen LogP contribution >= 0.6 is 0 Å². The predicted molar refractivity (Wildman–Crippen MR) is 78.8 cm³/mol. The molecule has 0 aliphatic heterocycles. The van der Waals surface area contributed by atoms with Crippen LogP contribution < -0.4 is 10.6 Å². The molecule has 0 radical (unpaired) electrons. The zero-order chi connectivity index (χ0) is 13.9. The Balaban J connectivity index is 1.81. The van der Waals surface area contributed by atoms with Crippen LogP contribution in [-0.4, -0.2) is 17.9 Å². The van der Waals surface area contributed by atoms with Gasteiger partial charge in [-0.25, -0.2) is 0 Å². The van der Waals surface area contributed by atoms with Crippen molar-refractivity contribution in [3.63, 3.8) is 0 Å². The summed E-state index contributed by atoms with van der Waals surface area (Å²) < 4.78 is 0.